The number of rotatable bonds is 4. The standard InChI is InChI=1S/C19H22F3NO3/c20-19(21,22)15-7-2-6-14(11-15)18(8-3-9-18)23-16(24)12-4-1-5-13(10-12)17(25)26/h2,6-7,11-13H,1,3-5,8-10H2,(H,23,24)(H,25,26). The van der Waals surface area contributed by atoms with Crippen LogP contribution < -0.4 is 5.32 Å². The van der Waals surface area contributed by atoms with Crippen LogP contribution in [0.2, 0.25) is 0 Å². The lowest BCUT2D eigenvalue weighted by Crippen LogP contribution is -2.53. The lowest BCUT2D eigenvalue weighted by atomic mass is 9.70. The van der Waals surface area contributed by atoms with Gasteiger partial charge in [-0.15, -0.1) is 0 Å². The summed E-state index contributed by atoms with van der Waals surface area (Å²) in [4.78, 5) is 23.9. The minimum atomic E-state index is -4.43. The molecule has 4 nitrogen and oxygen atoms in total. The third-order valence-electron chi connectivity index (χ3n) is 5.71. The Morgan fingerprint density at radius 1 is 1.12 bits per heavy atom. The van der Waals surface area contributed by atoms with E-state index in [-0.39, 0.29) is 5.91 Å². The van der Waals surface area contributed by atoms with Crippen molar-refractivity contribution in [3.8, 4) is 0 Å². The van der Waals surface area contributed by atoms with E-state index in [1.807, 2.05) is 0 Å². The third-order valence-corrected chi connectivity index (χ3v) is 5.71. The molecule has 2 aliphatic rings. The molecule has 2 aliphatic carbocycles. The molecule has 2 unspecified atom stereocenters. The zero-order valence-electron chi connectivity index (χ0n) is 14.3. The minimum absolute atomic E-state index is 0.243. The van der Waals surface area contributed by atoms with Crippen LogP contribution in [0.1, 0.15) is 56.1 Å². The van der Waals surface area contributed by atoms with Crippen molar-refractivity contribution in [3.63, 3.8) is 0 Å². The average molecular weight is 369 g/mol. The predicted molar refractivity (Wildman–Crippen MR) is 88.2 cm³/mol. The van der Waals surface area contributed by atoms with E-state index in [2.05, 4.69) is 5.32 Å². The van der Waals surface area contributed by atoms with Gasteiger partial charge >= 0.3 is 12.1 Å². The molecular formula is C19H22F3NO3. The first-order valence-corrected chi connectivity index (χ1v) is 8.94. The summed E-state index contributed by atoms with van der Waals surface area (Å²) in [6.45, 7) is 0. The number of carbonyl (C=O) groups is 2. The van der Waals surface area contributed by atoms with E-state index in [0.717, 1.165) is 18.6 Å². The van der Waals surface area contributed by atoms with Crippen LogP contribution in [-0.2, 0) is 21.3 Å². The van der Waals surface area contributed by atoms with Crippen molar-refractivity contribution in [1.29, 1.82) is 0 Å². The lowest BCUT2D eigenvalue weighted by molar-refractivity contribution is -0.144. The molecule has 0 radical (unpaired) electrons. The molecule has 0 heterocycles. The number of nitrogens with one attached hydrogen (secondary N) is 1. The fourth-order valence-electron chi connectivity index (χ4n) is 4.00. The van der Waals surface area contributed by atoms with Crippen molar-refractivity contribution < 1.29 is 27.9 Å². The van der Waals surface area contributed by atoms with Crippen molar-refractivity contribution in [2.24, 2.45) is 11.8 Å². The van der Waals surface area contributed by atoms with Gasteiger partial charge in [-0.3, -0.25) is 9.59 Å². The monoisotopic (exact) mass is 369 g/mol. The van der Waals surface area contributed by atoms with Crippen LogP contribution in [0.4, 0.5) is 13.2 Å². The molecule has 142 valence electrons. The minimum Gasteiger partial charge on any atom is -0.481 e. The van der Waals surface area contributed by atoms with Crippen molar-refractivity contribution >= 4 is 11.9 Å². The molecule has 2 saturated carbocycles. The molecule has 1 aromatic carbocycles. The Morgan fingerprint density at radius 3 is 2.38 bits per heavy atom. The summed E-state index contributed by atoms with van der Waals surface area (Å²) in [5.41, 5.74) is -1.02. The van der Waals surface area contributed by atoms with Crippen LogP contribution in [0.3, 0.4) is 0 Å². The Balaban J connectivity index is 1.76. The highest BCUT2D eigenvalue weighted by Gasteiger charge is 2.43. The van der Waals surface area contributed by atoms with Gasteiger partial charge in [-0.05, 0) is 56.2 Å². The van der Waals surface area contributed by atoms with Crippen molar-refractivity contribution in [3.05, 3.63) is 35.4 Å². The molecule has 0 aliphatic heterocycles. The van der Waals surface area contributed by atoms with E-state index in [0.29, 0.717) is 44.1 Å². The molecule has 3 rings (SSSR count). The number of hydrogen-bond donors (Lipinski definition) is 2. The first kappa shape index (κ1) is 18.7. The number of aliphatic carboxylic acids is 1. The highest BCUT2D eigenvalue weighted by molar-refractivity contribution is 5.81. The summed E-state index contributed by atoms with van der Waals surface area (Å²) in [6, 6.07) is 5.12. The van der Waals surface area contributed by atoms with E-state index in [1.165, 1.54) is 6.07 Å². The van der Waals surface area contributed by atoms with Crippen molar-refractivity contribution in [2.45, 2.75) is 56.7 Å². The van der Waals surface area contributed by atoms with E-state index < -0.39 is 35.1 Å². The third kappa shape index (κ3) is 3.71. The maximum absolute atomic E-state index is 13.0. The fourth-order valence-corrected chi connectivity index (χ4v) is 4.00. The van der Waals surface area contributed by atoms with Gasteiger partial charge in [0.15, 0.2) is 0 Å². The number of carboxylic acids is 1. The van der Waals surface area contributed by atoms with Crippen LogP contribution in [0.25, 0.3) is 0 Å². The topological polar surface area (TPSA) is 66.4 Å². The van der Waals surface area contributed by atoms with E-state index in [1.54, 1.807) is 6.07 Å². The van der Waals surface area contributed by atoms with Gasteiger partial charge in [-0.2, -0.15) is 13.2 Å². The number of carbonyl (C=O) groups excluding carboxylic acids is 1. The molecule has 2 N–H and O–H groups in total. The Labute approximate surface area is 149 Å². The maximum atomic E-state index is 13.0. The lowest BCUT2D eigenvalue weighted by Gasteiger charge is -2.44. The Hall–Kier alpha value is -2.05. The van der Waals surface area contributed by atoms with E-state index in [4.69, 9.17) is 0 Å². The zero-order chi connectivity index (χ0) is 18.9. The molecule has 2 atom stereocenters. The van der Waals surface area contributed by atoms with Crippen LogP contribution in [-0.4, -0.2) is 17.0 Å². The quantitative estimate of drug-likeness (QED) is 0.840. The SMILES string of the molecule is O=C(O)C1CCCC(C(=O)NC2(c3cccc(C(F)(F)F)c3)CCC2)C1. The van der Waals surface area contributed by atoms with E-state index >= 15 is 0 Å². The van der Waals surface area contributed by atoms with Crippen LogP contribution in [0.5, 0.6) is 0 Å². The Bertz CT molecular complexity index is 698. The van der Waals surface area contributed by atoms with Gasteiger partial charge in [-0.1, -0.05) is 18.6 Å². The fraction of sp³-hybridized carbons (Fsp3) is 0.579. The molecule has 0 saturated heterocycles. The summed E-state index contributed by atoms with van der Waals surface area (Å²) in [5, 5.41) is 12.1. The van der Waals surface area contributed by atoms with Gasteiger partial charge in [0.25, 0.3) is 0 Å². The Morgan fingerprint density at radius 2 is 1.81 bits per heavy atom. The molecular weight excluding hydrogens is 347 g/mol. The first-order chi connectivity index (χ1) is 12.2. The summed E-state index contributed by atoms with van der Waals surface area (Å²) in [6.07, 6.45) is -0.260. The largest absolute Gasteiger partial charge is 0.481 e. The second-order valence-corrected chi connectivity index (χ2v) is 7.40. The summed E-state index contributed by atoms with van der Waals surface area (Å²) >= 11 is 0. The van der Waals surface area contributed by atoms with Gasteiger partial charge in [0.2, 0.25) is 5.91 Å². The Kier molecular flexibility index (Phi) is 4.99. The molecule has 1 aromatic rings. The highest BCUT2D eigenvalue weighted by atomic mass is 19.4. The average Bonchev–Trinajstić information content (AvgIpc) is 2.57. The number of halogens is 3. The van der Waals surface area contributed by atoms with Gasteiger partial charge in [-0.25, -0.2) is 0 Å². The van der Waals surface area contributed by atoms with Gasteiger partial charge in [0, 0.05) is 5.92 Å². The van der Waals surface area contributed by atoms with Crippen LogP contribution >= 0.6 is 0 Å². The zero-order valence-corrected chi connectivity index (χ0v) is 14.3. The summed E-state index contributed by atoms with van der Waals surface area (Å²) < 4.78 is 39.0. The van der Waals surface area contributed by atoms with Gasteiger partial charge in [0.05, 0.1) is 17.0 Å². The van der Waals surface area contributed by atoms with Crippen LogP contribution in [0, 0.1) is 11.8 Å². The van der Waals surface area contributed by atoms with Crippen molar-refractivity contribution in [2.75, 3.05) is 0 Å². The highest BCUT2D eigenvalue weighted by Crippen LogP contribution is 2.43. The number of benzene rings is 1. The van der Waals surface area contributed by atoms with Gasteiger partial charge < -0.3 is 10.4 Å². The molecule has 1 amide bonds. The smallest absolute Gasteiger partial charge is 0.416 e. The molecule has 7 heteroatoms. The van der Waals surface area contributed by atoms with Gasteiger partial charge in [0.1, 0.15) is 0 Å². The number of hydrogen-bond acceptors (Lipinski definition) is 2. The van der Waals surface area contributed by atoms with Crippen molar-refractivity contribution in [1.82, 2.24) is 5.32 Å². The summed E-state index contributed by atoms with van der Waals surface area (Å²) in [5.74, 6) is -2.05. The normalized spacial score (nSPS) is 25.2. The second-order valence-electron chi connectivity index (χ2n) is 7.40. The molecule has 0 aromatic heterocycles. The second kappa shape index (κ2) is 6.93. The molecule has 0 spiro atoms. The summed E-state index contributed by atoms with van der Waals surface area (Å²) in [7, 11) is 0. The number of carboxylic acid groups (broad SMARTS) is 1. The number of alkyl halides is 3. The first-order valence-electron chi connectivity index (χ1n) is 8.94. The van der Waals surface area contributed by atoms with Crippen LogP contribution in [0.15, 0.2) is 24.3 Å². The molecule has 2 fully saturated rings. The maximum Gasteiger partial charge on any atom is 0.416 e. The van der Waals surface area contributed by atoms with E-state index in [9.17, 15) is 27.9 Å². The number of amides is 1. The predicted octanol–water partition coefficient (Wildman–Crippen LogP) is 4.09. The molecule has 0 bridgehead atoms. The molecule has 26 heavy (non-hydrogen) atoms.